The van der Waals surface area contributed by atoms with Gasteiger partial charge in [0.25, 0.3) is 0 Å². The first-order valence-electron chi connectivity index (χ1n) is 3.17. The summed E-state index contributed by atoms with van der Waals surface area (Å²) in [5.41, 5.74) is 10.9. The monoisotopic (exact) mass is 130 g/mol. The lowest BCUT2D eigenvalue weighted by Crippen LogP contribution is -2.55. The molecule has 0 bridgehead atoms. The van der Waals surface area contributed by atoms with Gasteiger partial charge in [0.15, 0.2) is 0 Å². The van der Waals surface area contributed by atoms with Gasteiger partial charge in [0.2, 0.25) is 0 Å². The first-order valence-corrected chi connectivity index (χ1v) is 3.17. The molecule has 1 aliphatic heterocycles. The van der Waals surface area contributed by atoms with Crippen LogP contribution in [0, 0.1) is 0 Å². The Morgan fingerprint density at radius 3 is 2.56 bits per heavy atom. The second-order valence-electron chi connectivity index (χ2n) is 2.44. The lowest BCUT2D eigenvalue weighted by molar-refractivity contribution is -0.201. The highest BCUT2D eigenvalue weighted by Gasteiger charge is 2.24. The Balaban J connectivity index is 2.41. The van der Waals surface area contributed by atoms with Crippen molar-refractivity contribution in [1.82, 2.24) is 5.06 Å². The van der Waals surface area contributed by atoms with Crippen molar-refractivity contribution in [2.75, 3.05) is 6.54 Å². The molecule has 1 radical (unpaired) electrons. The first kappa shape index (κ1) is 6.95. The molecular formula is C5H12N3O. The van der Waals surface area contributed by atoms with Crippen molar-refractivity contribution in [1.29, 1.82) is 0 Å². The third kappa shape index (κ3) is 1.40. The molecule has 1 saturated heterocycles. The molecule has 1 fully saturated rings. The van der Waals surface area contributed by atoms with Crippen LogP contribution in [0.4, 0.5) is 0 Å². The van der Waals surface area contributed by atoms with Crippen molar-refractivity contribution in [3.05, 3.63) is 0 Å². The second-order valence-corrected chi connectivity index (χ2v) is 2.44. The molecule has 0 spiro atoms. The van der Waals surface area contributed by atoms with Crippen LogP contribution in [-0.2, 0) is 5.21 Å². The van der Waals surface area contributed by atoms with Gasteiger partial charge in [0, 0.05) is 12.6 Å². The van der Waals surface area contributed by atoms with E-state index in [1.165, 1.54) is 0 Å². The SMILES string of the molecule is NC1CCCN([O])C1N. The molecule has 1 heterocycles. The molecule has 9 heavy (non-hydrogen) atoms. The highest BCUT2D eigenvalue weighted by Crippen LogP contribution is 2.09. The molecule has 4 N–H and O–H groups in total. The van der Waals surface area contributed by atoms with E-state index < -0.39 is 6.17 Å². The largest absolute Gasteiger partial charge is 0.325 e. The van der Waals surface area contributed by atoms with E-state index >= 15 is 0 Å². The van der Waals surface area contributed by atoms with Crippen molar-refractivity contribution in [2.45, 2.75) is 25.0 Å². The zero-order valence-corrected chi connectivity index (χ0v) is 5.29. The fraction of sp³-hybridized carbons (Fsp3) is 1.00. The summed E-state index contributed by atoms with van der Waals surface area (Å²) in [7, 11) is 0. The predicted octanol–water partition coefficient (Wildman–Crippen LogP) is -0.960. The van der Waals surface area contributed by atoms with Gasteiger partial charge >= 0.3 is 0 Å². The van der Waals surface area contributed by atoms with Gasteiger partial charge < -0.3 is 11.5 Å². The number of nitrogens with zero attached hydrogens (tertiary/aromatic N) is 1. The molecule has 0 aromatic rings. The van der Waals surface area contributed by atoms with Crippen LogP contribution in [0.2, 0.25) is 0 Å². The number of hydrogen-bond acceptors (Lipinski definition) is 3. The molecule has 53 valence electrons. The van der Waals surface area contributed by atoms with Gasteiger partial charge in [-0.15, -0.1) is 10.3 Å². The normalized spacial score (nSPS) is 39.0. The minimum absolute atomic E-state index is 0.128. The number of nitrogens with two attached hydrogens (primary N) is 2. The maximum Gasteiger partial charge on any atom is 0.100 e. The van der Waals surface area contributed by atoms with E-state index in [4.69, 9.17) is 11.5 Å². The van der Waals surface area contributed by atoms with Crippen LogP contribution in [-0.4, -0.2) is 23.8 Å². The number of rotatable bonds is 0. The topological polar surface area (TPSA) is 75.2 Å². The molecule has 1 aliphatic rings. The lowest BCUT2D eigenvalue weighted by atomic mass is 10.1. The molecular weight excluding hydrogens is 118 g/mol. The third-order valence-electron chi connectivity index (χ3n) is 1.69. The average molecular weight is 130 g/mol. The number of hydrogen-bond donors (Lipinski definition) is 2. The van der Waals surface area contributed by atoms with Gasteiger partial charge in [-0.2, -0.15) is 0 Å². The summed E-state index contributed by atoms with van der Waals surface area (Å²) in [4.78, 5) is 0. The molecule has 4 nitrogen and oxygen atoms in total. The Bertz CT molecular complexity index is 88.2. The molecule has 0 aliphatic carbocycles. The van der Waals surface area contributed by atoms with E-state index in [2.05, 4.69) is 0 Å². The molecule has 0 amide bonds. The van der Waals surface area contributed by atoms with Crippen LogP contribution in [0.5, 0.6) is 0 Å². The maximum atomic E-state index is 10.7. The Hall–Kier alpha value is -0.160. The van der Waals surface area contributed by atoms with E-state index in [0.29, 0.717) is 6.54 Å². The van der Waals surface area contributed by atoms with E-state index in [-0.39, 0.29) is 6.04 Å². The van der Waals surface area contributed by atoms with Crippen LogP contribution < -0.4 is 11.5 Å². The zero-order chi connectivity index (χ0) is 6.85. The Morgan fingerprint density at radius 1 is 1.44 bits per heavy atom. The van der Waals surface area contributed by atoms with Crippen molar-refractivity contribution in [2.24, 2.45) is 11.5 Å². The van der Waals surface area contributed by atoms with Gasteiger partial charge in [-0.25, -0.2) is 0 Å². The molecule has 4 heteroatoms. The van der Waals surface area contributed by atoms with Crippen LogP contribution in [0.1, 0.15) is 12.8 Å². The summed E-state index contributed by atoms with van der Waals surface area (Å²) < 4.78 is 0. The summed E-state index contributed by atoms with van der Waals surface area (Å²) >= 11 is 0. The van der Waals surface area contributed by atoms with E-state index in [1.807, 2.05) is 0 Å². The fourth-order valence-electron chi connectivity index (χ4n) is 1.02. The summed E-state index contributed by atoms with van der Waals surface area (Å²) in [5.74, 6) is 0. The van der Waals surface area contributed by atoms with Crippen molar-refractivity contribution in [3.63, 3.8) is 0 Å². The fourth-order valence-corrected chi connectivity index (χ4v) is 1.02. The summed E-state index contributed by atoms with van der Waals surface area (Å²) in [6.07, 6.45) is 1.27. The quantitative estimate of drug-likeness (QED) is 0.443. The van der Waals surface area contributed by atoms with E-state index in [9.17, 15) is 5.21 Å². The standard InChI is InChI=1S/C5H12N3O/c6-4-2-1-3-8(9)5(4)7/h4-5H,1-3,6-7H2. The van der Waals surface area contributed by atoms with Gasteiger partial charge in [-0.1, -0.05) is 0 Å². The van der Waals surface area contributed by atoms with E-state index in [1.54, 1.807) is 0 Å². The maximum absolute atomic E-state index is 10.7. The van der Waals surface area contributed by atoms with Crippen molar-refractivity contribution >= 4 is 0 Å². The molecule has 1 rings (SSSR count). The number of hydroxylamine groups is 2. The minimum atomic E-state index is -0.473. The molecule has 2 unspecified atom stereocenters. The van der Waals surface area contributed by atoms with Gasteiger partial charge in [0.1, 0.15) is 6.17 Å². The van der Waals surface area contributed by atoms with Crippen molar-refractivity contribution in [3.8, 4) is 0 Å². The predicted molar refractivity (Wildman–Crippen MR) is 32.6 cm³/mol. The van der Waals surface area contributed by atoms with E-state index in [0.717, 1.165) is 17.9 Å². The van der Waals surface area contributed by atoms with Crippen LogP contribution in [0.25, 0.3) is 0 Å². The Labute approximate surface area is 54.4 Å². The summed E-state index contributed by atoms with van der Waals surface area (Å²) in [5, 5.41) is 11.6. The van der Waals surface area contributed by atoms with Gasteiger partial charge in [0.05, 0.1) is 0 Å². The van der Waals surface area contributed by atoms with Gasteiger partial charge in [-0.3, -0.25) is 0 Å². The Kier molecular flexibility index (Phi) is 2.02. The van der Waals surface area contributed by atoms with Crippen LogP contribution in [0.15, 0.2) is 0 Å². The van der Waals surface area contributed by atoms with Crippen LogP contribution >= 0.6 is 0 Å². The first-order chi connectivity index (χ1) is 4.22. The smallest absolute Gasteiger partial charge is 0.100 e. The second kappa shape index (κ2) is 2.62. The molecule has 0 aromatic carbocycles. The van der Waals surface area contributed by atoms with Crippen LogP contribution in [0.3, 0.4) is 0 Å². The molecule has 0 aromatic heterocycles. The lowest BCUT2D eigenvalue weighted by Gasteiger charge is -2.30. The highest BCUT2D eigenvalue weighted by atomic mass is 16.5. The summed E-state index contributed by atoms with van der Waals surface area (Å²) in [6, 6.07) is -0.128. The zero-order valence-electron chi connectivity index (χ0n) is 5.29. The highest BCUT2D eigenvalue weighted by molar-refractivity contribution is 4.77. The Morgan fingerprint density at radius 2 is 2.11 bits per heavy atom. The molecule has 2 atom stereocenters. The number of piperidine rings is 1. The third-order valence-corrected chi connectivity index (χ3v) is 1.69. The average Bonchev–Trinajstić information content (AvgIpc) is 1.83. The molecule has 0 saturated carbocycles. The van der Waals surface area contributed by atoms with Gasteiger partial charge in [-0.05, 0) is 12.8 Å². The van der Waals surface area contributed by atoms with Crippen molar-refractivity contribution < 1.29 is 5.21 Å². The minimum Gasteiger partial charge on any atom is -0.325 e. The summed E-state index contributed by atoms with van der Waals surface area (Å²) in [6.45, 7) is 0.537.